The minimum atomic E-state index is -0.490. The molecule has 0 saturated carbocycles. The Labute approximate surface area is 103 Å². The maximum absolute atomic E-state index is 12.1. The van der Waals surface area contributed by atoms with E-state index in [-0.39, 0.29) is 5.97 Å². The zero-order chi connectivity index (χ0) is 13.4. The van der Waals surface area contributed by atoms with Gasteiger partial charge in [0, 0.05) is 5.69 Å². The van der Waals surface area contributed by atoms with Gasteiger partial charge in [0.2, 0.25) is 0 Å². The van der Waals surface area contributed by atoms with Gasteiger partial charge >= 0.3 is 5.97 Å². The van der Waals surface area contributed by atoms with E-state index < -0.39 is 5.60 Å². The number of hydrogen-bond acceptors (Lipinski definition) is 3. The Hall–Kier alpha value is -1.51. The molecule has 0 radical (unpaired) electrons. The molecule has 3 nitrogen and oxygen atoms in total. The first kappa shape index (κ1) is 13.6. The summed E-state index contributed by atoms with van der Waals surface area (Å²) in [5.74, 6) is -0.306. The topological polar surface area (TPSA) is 52.3 Å². The number of nitrogen functional groups attached to an aromatic ring is 1. The van der Waals surface area contributed by atoms with Gasteiger partial charge in [0.25, 0.3) is 0 Å². The van der Waals surface area contributed by atoms with Crippen LogP contribution in [-0.2, 0) is 4.74 Å². The van der Waals surface area contributed by atoms with Crippen molar-refractivity contribution in [1.29, 1.82) is 0 Å². The standard InChI is InChI=1S/C14H21NO2/c1-8-7-9(2)12(15)10(3)11(8)13(16)17-14(4,5)6/h7H,15H2,1-6H3. The van der Waals surface area contributed by atoms with Crippen LogP contribution in [0.1, 0.15) is 47.8 Å². The van der Waals surface area contributed by atoms with E-state index in [0.29, 0.717) is 11.3 Å². The van der Waals surface area contributed by atoms with Crippen molar-refractivity contribution in [3.05, 3.63) is 28.3 Å². The van der Waals surface area contributed by atoms with E-state index in [1.165, 1.54) is 0 Å². The van der Waals surface area contributed by atoms with Crippen molar-refractivity contribution in [2.75, 3.05) is 5.73 Å². The number of anilines is 1. The Bertz CT molecular complexity index is 456. The summed E-state index contributed by atoms with van der Waals surface area (Å²) >= 11 is 0. The lowest BCUT2D eigenvalue weighted by Crippen LogP contribution is -2.25. The van der Waals surface area contributed by atoms with Gasteiger partial charge in [0.05, 0.1) is 5.56 Å². The predicted octanol–water partition coefficient (Wildman–Crippen LogP) is 3.15. The number of aryl methyl sites for hydroxylation is 2. The molecule has 1 aromatic rings. The summed E-state index contributed by atoms with van der Waals surface area (Å²) in [6.07, 6.45) is 0. The molecule has 0 spiro atoms. The summed E-state index contributed by atoms with van der Waals surface area (Å²) in [6.45, 7) is 11.3. The minimum absolute atomic E-state index is 0.306. The Kier molecular flexibility index (Phi) is 3.51. The molecule has 0 bridgehead atoms. The third-order valence-corrected chi connectivity index (χ3v) is 2.63. The molecule has 0 unspecified atom stereocenters. The van der Waals surface area contributed by atoms with E-state index in [4.69, 9.17) is 10.5 Å². The van der Waals surface area contributed by atoms with Crippen molar-refractivity contribution in [3.63, 3.8) is 0 Å². The van der Waals surface area contributed by atoms with Crippen LogP contribution in [0.2, 0.25) is 0 Å². The maximum atomic E-state index is 12.1. The van der Waals surface area contributed by atoms with Gasteiger partial charge in [-0.2, -0.15) is 0 Å². The minimum Gasteiger partial charge on any atom is -0.456 e. The van der Waals surface area contributed by atoms with Crippen LogP contribution >= 0.6 is 0 Å². The summed E-state index contributed by atoms with van der Waals surface area (Å²) in [5.41, 5.74) is 9.41. The van der Waals surface area contributed by atoms with Crippen molar-refractivity contribution in [2.24, 2.45) is 0 Å². The molecular weight excluding hydrogens is 214 g/mol. The monoisotopic (exact) mass is 235 g/mol. The van der Waals surface area contributed by atoms with Crippen LogP contribution in [0.25, 0.3) is 0 Å². The molecule has 0 aromatic heterocycles. The zero-order valence-corrected chi connectivity index (χ0v) is 11.5. The number of ether oxygens (including phenoxy) is 1. The fourth-order valence-corrected chi connectivity index (χ4v) is 1.84. The molecule has 0 saturated heterocycles. The van der Waals surface area contributed by atoms with Crippen LogP contribution in [-0.4, -0.2) is 11.6 Å². The zero-order valence-electron chi connectivity index (χ0n) is 11.5. The summed E-state index contributed by atoms with van der Waals surface area (Å²) in [6, 6.07) is 1.92. The fraction of sp³-hybridized carbons (Fsp3) is 0.500. The highest BCUT2D eigenvalue weighted by atomic mass is 16.6. The second kappa shape index (κ2) is 4.40. The summed E-state index contributed by atoms with van der Waals surface area (Å²) in [4.78, 5) is 12.1. The summed E-state index contributed by atoms with van der Waals surface area (Å²) in [7, 11) is 0. The van der Waals surface area contributed by atoms with E-state index in [9.17, 15) is 4.79 Å². The Morgan fingerprint density at radius 1 is 1.18 bits per heavy atom. The van der Waals surface area contributed by atoms with E-state index in [1.807, 2.05) is 47.6 Å². The van der Waals surface area contributed by atoms with Gasteiger partial charge in [0.1, 0.15) is 5.60 Å². The van der Waals surface area contributed by atoms with Gasteiger partial charge in [-0.1, -0.05) is 6.07 Å². The number of esters is 1. The van der Waals surface area contributed by atoms with E-state index in [0.717, 1.165) is 16.7 Å². The predicted molar refractivity (Wildman–Crippen MR) is 70.2 cm³/mol. The molecular formula is C14H21NO2. The Balaban J connectivity index is 3.24. The highest BCUT2D eigenvalue weighted by Gasteiger charge is 2.22. The van der Waals surface area contributed by atoms with Crippen molar-refractivity contribution in [2.45, 2.75) is 47.1 Å². The third-order valence-electron chi connectivity index (χ3n) is 2.63. The van der Waals surface area contributed by atoms with Gasteiger partial charge in [-0.3, -0.25) is 0 Å². The molecule has 0 aliphatic carbocycles. The lowest BCUT2D eigenvalue weighted by Gasteiger charge is -2.22. The molecule has 17 heavy (non-hydrogen) atoms. The summed E-state index contributed by atoms with van der Waals surface area (Å²) in [5, 5.41) is 0. The third kappa shape index (κ3) is 2.99. The first-order chi connectivity index (χ1) is 7.63. The van der Waals surface area contributed by atoms with Crippen LogP contribution in [0.5, 0.6) is 0 Å². The van der Waals surface area contributed by atoms with Gasteiger partial charge in [-0.15, -0.1) is 0 Å². The van der Waals surface area contributed by atoms with E-state index >= 15 is 0 Å². The quantitative estimate of drug-likeness (QED) is 0.601. The molecule has 2 N–H and O–H groups in total. The van der Waals surface area contributed by atoms with Crippen molar-refractivity contribution >= 4 is 11.7 Å². The van der Waals surface area contributed by atoms with Gasteiger partial charge in [-0.05, 0) is 58.2 Å². The van der Waals surface area contributed by atoms with Crippen LogP contribution < -0.4 is 5.73 Å². The fourth-order valence-electron chi connectivity index (χ4n) is 1.84. The second-order valence-electron chi connectivity index (χ2n) is 5.43. The van der Waals surface area contributed by atoms with Gasteiger partial charge in [0.15, 0.2) is 0 Å². The Morgan fingerprint density at radius 2 is 1.71 bits per heavy atom. The first-order valence-corrected chi connectivity index (χ1v) is 5.73. The number of rotatable bonds is 1. The van der Waals surface area contributed by atoms with Crippen LogP contribution in [0, 0.1) is 20.8 Å². The van der Waals surface area contributed by atoms with Crippen molar-refractivity contribution < 1.29 is 9.53 Å². The molecule has 1 rings (SSSR count). The normalized spacial score (nSPS) is 11.4. The first-order valence-electron chi connectivity index (χ1n) is 5.73. The summed E-state index contributed by atoms with van der Waals surface area (Å²) < 4.78 is 5.39. The number of nitrogens with two attached hydrogens (primary N) is 1. The molecule has 3 heteroatoms. The largest absolute Gasteiger partial charge is 0.456 e. The number of carbonyl (C=O) groups excluding carboxylic acids is 1. The smallest absolute Gasteiger partial charge is 0.339 e. The Morgan fingerprint density at radius 3 is 2.18 bits per heavy atom. The lowest BCUT2D eigenvalue weighted by atomic mass is 9.97. The molecule has 0 aliphatic rings. The number of hydrogen-bond donors (Lipinski definition) is 1. The van der Waals surface area contributed by atoms with Gasteiger partial charge in [-0.25, -0.2) is 4.79 Å². The molecule has 0 heterocycles. The van der Waals surface area contributed by atoms with Crippen LogP contribution in [0.4, 0.5) is 5.69 Å². The average Bonchev–Trinajstić information content (AvgIpc) is 2.11. The highest BCUT2D eigenvalue weighted by Crippen LogP contribution is 2.26. The molecule has 0 atom stereocenters. The molecule has 0 aliphatic heterocycles. The van der Waals surface area contributed by atoms with Crippen LogP contribution in [0.15, 0.2) is 6.07 Å². The van der Waals surface area contributed by atoms with Crippen molar-refractivity contribution in [1.82, 2.24) is 0 Å². The average molecular weight is 235 g/mol. The van der Waals surface area contributed by atoms with Crippen LogP contribution in [0.3, 0.4) is 0 Å². The molecule has 0 fully saturated rings. The lowest BCUT2D eigenvalue weighted by molar-refractivity contribution is 0.00681. The molecule has 1 aromatic carbocycles. The van der Waals surface area contributed by atoms with Crippen molar-refractivity contribution in [3.8, 4) is 0 Å². The SMILES string of the molecule is Cc1cc(C)c(C(=O)OC(C)(C)C)c(C)c1N. The molecule has 94 valence electrons. The maximum Gasteiger partial charge on any atom is 0.339 e. The highest BCUT2D eigenvalue weighted by molar-refractivity contribution is 5.94. The van der Waals surface area contributed by atoms with E-state index in [1.54, 1.807) is 0 Å². The van der Waals surface area contributed by atoms with E-state index in [2.05, 4.69) is 0 Å². The number of benzene rings is 1. The van der Waals surface area contributed by atoms with Gasteiger partial charge < -0.3 is 10.5 Å². The second-order valence-corrected chi connectivity index (χ2v) is 5.43. The molecule has 0 amide bonds. The number of carbonyl (C=O) groups is 1.